The van der Waals surface area contributed by atoms with Crippen molar-refractivity contribution in [2.75, 3.05) is 13.2 Å². The van der Waals surface area contributed by atoms with Gasteiger partial charge in [-0.05, 0) is 33.7 Å². The van der Waals surface area contributed by atoms with Gasteiger partial charge in [0, 0.05) is 0 Å². The van der Waals surface area contributed by atoms with Gasteiger partial charge < -0.3 is 4.89 Å². The van der Waals surface area contributed by atoms with Crippen LogP contribution in [-0.2, 0) is 38.4 Å². The van der Waals surface area contributed by atoms with E-state index in [-0.39, 0.29) is 13.2 Å². The molecule has 1 saturated heterocycles. The molecular formula is C9H11O9P. The van der Waals surface area contributed by atoms with E-state index < -0.39 is 7.82 Å². The fraction of sp³-hybridized carbons (Fsp3) is 0.333. The zero-order valence-electron chi connectivity index (χ0n) is 9.85. The molecule has 0 N–H and O–H groups in total. The van der Waals surface area contributed by atoms with Crippen molar-refractivity contribution in [3.8, 4) is 5.75 Å². The van der Waals surface area contributed by atoms with Gasteiger partial charge in [0.1, 0.15) is 6.61 Å². The van der Waals surface area contributed by atoms with E-state index >= 15 is 0 Å². The molecule has 1 fully saturated rings. The molecule has 0 saturated carbocycles. The molecule has 1 aliphatic rings. The molecule has 1 aliphatic heterocycles. The van der Waals surface area contributed by atoms with Crippen LogP contribution in [0.15, 0.2) is 24.3 Å². The molecule has 0 aromatic heterocycles. The zero-order chi connectivity index (χ0) is 13.6. The minimum Gasteiger partial charge on any atom is -0.327 e. The first kappa shape index (κ1) is 14.4. The van der Waals surface area contributed by atoms with E-state index in [9.17, 15) is 4.57 Å². The molecule has 106 valence electrons. The van der Waals surface area contributed by atoms with Gasteiger partial charge in [-0.15, -0.1) is 0 Å². The van der Waals surface area contributed by atoms with Crippen LogP contribution in [0.5, 0.6) is 5.75 Å². The highest BCUT2D eigenvalue weighted by molar-refractivity contribution is 7.48. The van der Waals surface area contributed by atoms with Gasteiger partial charge in [0.2, 0.25) is 0 Å². The van der Waals surface area contributed by atoms with Gasteiger partial charge >= 0.3 is 7.82 Å². The van der Waals surface area contributed by atoms with Crippen molar-refractivity contribution in [1.82, 2.24) is 0 Å². The summed E-state index contributed by atoms with van der Waals surface area (Å²) in [5.41, 5.74) is 0.766. The van der Waals surface area contributed by atoms with Crippen molar-refractivity contribution >= 4 is 7.82 Å². The third-order valence-corrected chi connectivity index (χ3v) is 2.95. The maximum absolute atomic E-state index is 11.9. The number of benzene rings is 1. The monoisotopic (exact) mass is 294 g/mol. The van der Waals surface area contributed by atoms with Crippen LogP contribution >= 0.6 is 7.82 Å². The molecule has 1 aromatic rings. The fourth-order valence-corrected chi connectivity index (χ4v) is 1.77. The van der Waals surface area contributed by atoms with Crippen molar-refractivity contribution in [1.29, 1.82) is 0 Å². The van der Waals surface area contributed by atoms with Gasteiger partial charge in [0.25, 0.3) is 0 Å². The molecule has 1 aromatic carbocycles. The SMILES string of the molecule is Cc1ccccc1OOP1(=O)OCCOOOOO1. The van der Waals surface area contributed by atoms with Crippen LogP contribution in [0.1, 0.15) is 5.56 Å². The Morgan fingerprint density at radius 1 is 1.16 bits per heavy atom. The molecular weight excluding hydrogens is 283 g/mol. The lowest BCUT2D eigenvalue weighted by Crippen LogP contribution is -2.05. The molecule has 0 amide bonds. The van der Waals surface area contributed by atoms with Crippen molar-refractivity contribution in [2.24, 2.45) is 0 Å². The van der Waals surface area contributed by atoms with E-state index in [2.05, 4.69) is 29.4 Å². The Morgan fingerprint density at radius 2 is 2.00 bits per heavy atom. The highest BCUT2D eigenvalue weighted by atomic mass is 31.2. The first-order valence-electron chi connectivity index (χ1n) is 5.17. The molecule has 9 nitrogen and oxygen atoms in total. The Morgan fingerprint density at radius 3 is 2.84 bits per heavy atom. The van der Waals surface area contributed by atoms with E-state index in [0.717, 1.165) is 5.56 Å². The smallest absolute Gasteiger partial charge is 0.327 e. The van der Waals surface area contributed by atoms with Crippen LogP contribution in [0, 0.1) is 6.92 Å². The number of rotatable bonds is 3. The van der Waals surface area contributed by atoms with E-state index in [1.54, 1.807) is 25.1 Å². The van der Waals surface area contributed by atoms with Crippen molar-refractivity contribution in [2.45, 2.75) is 6.92 Å². The normalized spacial score (nSPS) is 25.1. The Labute approximate surface area is 108 Å². The van der Waals surface area contributed by atoms with Crippen LogP contribution in [0.3, 0.4) is 0 Å². The summed E-state index contributed by atoms with van der Waals surface area (Å²) < 4.78 is 25.6. The number of hydrogen-bond acceptors (Lipinski definition) is 9. The van der Waals surface area contributed by atoms with Gasteiger partial charge in [-0.3, -0.25) is 4.52 Å². The molecule has 0 bridgehead atoms. The van der Waals surface area contributed by atoms with Crippen LogP contribution in [0.4, 0.5) is 0 Å². The summed E-state index contributed by atoms with van der Waals surface area (Å²) in [7, 11) is -4.13. The highest BCUT2D eigenvalue weighted by Crippen LogP contribution is 2.50. The third-order valence-electron chi connectivity index (χ3n) is 1.95. The first-order valence-corrected chi connectivity index (χ1v) is 6.63. The molecule has 0 aliphatic carbocycles. The van der Waals surface area contributed by atoms with Crippen molar-refractivity contribution in [3.05, 3.63) is 29.8 Å². The lowest BCUT2D eigenvalue weighted by atomic mass is 10.2. The maximum atomic E-state index is 11.9. The lowest BCUT2D eigenvalue weighted by Gasteiger charge is -2.13. The largest absolute Gasteiger partial charge is 0.540 e. The average molecular weight is 294 g/mol. The number of hydrogen-bond donors (Lipinski definition) is 0. The fourth-order valence-electron chi connectivity index (χ4n) is 1.09. The topological polar surface area (TPSA) is 90.9 Å². The van der Waals surface area contributed by atoms with Gasteiger partial charge in [-0.2, -0.15) is 0 Å². The van der Waals surface area contributed by atoms with Gasteiger partial charge in [0.15, 0.2) is 5.75 Å². The average Bonchev–Trinajstić information content (AvgIpc) is 2.51. The van der Waals surface area contributed by atoms with Gasteiger partial charge in [0.05, 0.1) is 6.61 Å². The van der Waals surface area contributed by atoms with Gasteiger partial charge in [-0.25, -0.2) is 9.45 Å². The van der Waals surface area contributed by atoms with E-state index in [0.29, 0.717) is 5.75 Å². The second-order valence-electron chi connectivity index (χ2n) is 3.30. The zero-order valence-corrected chi connectivity index (χ0v) is 10.7. The van der Waals surface area contributed by atoms with Crippen molar-refractivity contribution in [3.63, 3.8) is 0 Å². The predicted molar refractivity (Wildman–Crippen MR) is 56.7 cm³/mol. The van der Waals surface area contributed by atoms with E-state index in [4.69, 9.17) is 9.41 Å². The van der Waals surface area contributed by atoms with Crippen LogP contribution in [-0.4, -0.2) is 13.2 Å². The molecule has 10 heteroatoms. The molecule has 19 heavy (non-hydrogen) atoms. The molecule has 0 spiro atoms. The Kier molecular flexibility index (Phi) is 5.25. The summed E-state index contributed by atoms with van der Waals surface area (Å²) in [6.45, 7) is 1.55. The molecule has 1 unspecified atom stereocenters. The number of aryl methyl sites for hydroxylation is 1. The van der Waals surface area contributed by atoms with E-state index in [1.165, 1.54) is 0 Å². The minimum atomic E-state index is -4.13. The summed E-state index contributed by atoms with van der Waals surface area (Å²) in [6.07, 6.45) is 0. The number of para-hydroxylation sites is 1. The van der Waals surface area contributed by atoms with Crippen LogP contribution in [0.25, 0.3) is 0 Å². The molecule has 1 atom stereocenters. The Balaban J connectivity index is 1.95. The van der Waals surface area contributed by atoms with Crippen LogP contribution < -0.4 is 4.89 Å². The molecule has 1 heterocycles. The van der Waals surface area contributed by atoms with Gasteiger partial charge in [-0.1, -0.05) is 27.5 Å². The maximum Gasteiger partial charge on any atom is 0.540 e. The summed E-state index contributed by atoms with van der Waals surface area (Å²) in [5.74, 6) is 0.346. The van der Waals surface area contributed by atoms with Crippen LogP contribution in [0.2, 0.25) is 0 Å². The lowest BCUT2D eigenvalue weighted by molar-refractivity contribution is -0.692. The Hall–Kier alpha value is -1.03. The quantitative estimate of drug-likeness (QED) is 0.472. The third kappa shape index (κ3) is 4.53. The first-order chi connectivity index (χ1) is 9.20. The van der Waals surface area contributed by atoms with Crippen molar-refractivity contribution < 1.29 is 43.3 Å². The minimum absolute atomic E-state index is 0.0789. The second-order valence-corrected chi connectivity index (χ2v) is 4.76. The summed E-state index contributed by atoms with van der Waals surface area (Å²) in [6, 6.07) is 6.92. The highest BCUT2D eigenvalue weighted by Gasteiger charge is 2.33. The summed E-state index contributed by atoms with van der Waals surface area (Å²) in [5, 5.41) is 11.8. The Bertz CT molecular complexity index is 437. The molecule has 0 radical (unpaired) electrons. The molecule has 2 rings (SSSR count). The second kappa shape index (κ2) is 6.94. The number of phosphoric acid groups is 1. The summed E-state index contributed by atoms with van der Waals surface area (Å²) in [4.78, 5) is 9.25. The summed E-state index contributed by atoms with van der Waals surface area (Å²) >= 11 is 0. The predicted octanol–water partition coefficient (Wildman–Crippen LogP) is 2.19. The standard InChI is InChI=1S/C9H11O9P/c1-8-4-2-3-5-9(8)13-17-19(10)12-7-6-11-14-15-16-18-19/h2-5H,6-7H2,1H3. The van der Waals surface area contributed by atoms with E-state index in [1.807, 2.05) is 6.07 Å².